The third-order valence-electron chi connectivity index (χ3n) is 9.24. The number of methoxy groups -OCH3 is 1. The fourth-order valence-corrected chi connectivity index (χ4v) is 6.80. The number of hydrogen-bond acceptors (Lipinski definition) is 10. The lowest BCUT2D eigenvalue weighted by Crippen LogP contribution is -2.59. The number of fused-ring (bicyclic) bond motifs is 1. The van der Waals surface area contributed by atoms with E-state index in [4.69, 9.17) is 14.2 Å². The van der Waals surface area contributed by atoms with Crippen molar-refractivity contribution < 1.29 is 47.7 Å². The minimum Gasteiger partial charge on any atom is -0.468 e. The number of carbonyl (C=O) groups is 6. The fourth-order valence-electron chi connectivity index (χ4n) is 6.80. The van der Waals surface area contributed by atoms with Gasteiger partial charge < -0.3 is 39.8 Å². The minimum absolute atomic E-state index is 0.0204. The molecular weight excluding hydrogens is 672 g/mol. The number of carbonyl (C=O) groups excluding carboxylic acids is 6. The van der Waals surface area contributed by atoms with Crippen molar-refractivity contribution in [2.45, 2.75) is 129 Å². The summed E-state index contributed by atoms with van der Waals surface area (Å²) in [4.78, 5) is 80.5. The highest BCUT2D eigenvalue weighted by Gasteiger charge is 2.56. The van der Waals surface area contributed by atoms with E-state index in [2.05, 4.69) is 20.7 Å². The SMILES string of the molecule is C/C=C/CCCC[C@H](NC(=O)OCc1ccccc1)C(=O)N1C[C@@H]2OC(C)(C)C[C@@H]2[C@H]1C(=O)N[C@@H](CCCC)C(OC(C)=O)C(=O)NCC(=O)OC. The molecule has 14 nitrogen and oxygen atoms in total. The third kappa shape index (κ3) is 12.6. The zero-order valence-corrected chi connectivity index (χ0v) is 31.3. The maximum absolute atomic E-state index is 14.4. The molecule has 1 aromatic carbocycles. The second kappa shape index (κ2) is 20.5. The second-order valence-corrected chi connectivity index (χ2v) is 13.9. The Morgan fingerprint density at radius 1 is 1.04 bits per heavy atom. The van der Waals surface area contributed by atoms with Crippen molar-refractivity contribution in [1.29, 1.82) is 0 Å². The summed E-state index contributed by atoms with van der Waals surface area (Å²) in [5.74, 6) is -3.60. The molecule has 0 spiro atoms. The molecule has 1 unspecified atom stereocenters. The molecule has 2 saturated heterocycles. The molecule has 14 heteroatoms. The summed E-state index contributed by atoms with van der Waals surface area (Å²) in [6, 6.07) is 6.22. The van der Waals surface area contributed by atoms with Crippen LogP contribution in [0.5, 0.6) is 0 Å². The van der Waals surface area contributed by atoms with Crippen LogP contribution in [0, 0.1) is 5.92 Å². The topological polar surface area (TPSA) is 179 Å². The second-order valence-electron chi connectivity index (χ2n) is 13.9. The molecule has 0 radical (unpaired) electrons. The first kappa shape index (κ1) is 42.0. The average molecular weight is 729 g/mol. The number of hydrogen-bond donors (Lipinski definition) is 3. The Bertz CT molecular complexity index is 1400. The number of ether oxygens (including phenoxy) is 4. The van der Waals surface area contributed by atoms with E-state index >= 15 is 0 Å². The number of rotatable bonds is 19. The van der Waals surface area contributed by atoms with Crippen molar-refractivity contribution in [3.63, 3.8) is 0 Å². The van der Waals surface area contributed by atoms with Gasteiger partial charge in [-0.3, -0.25) is 24.0 Å². The Morgan fingerprint density at radius 3 is 2.42 bits per heavy atom. The lowest BCUT2D eigenvalue weighted by Gasteiger charge is -2.34. The van der Waals surface area contributed by atoms with E-state index < -0.39 is 78.2 Å². The van der Waals surface area contributed by atoms with Gasteiger partial charge in [0.25, 0.3) is 5.91 Å². The van der Waals surface area contributed by atoms with Crippen molar-refractivity contribution >= 4 is 35.8 Å². The van der Waals surface area contributed by atoms with Gasteiger partial charge in [-0.1, -0.05) is 68.7 Å². The van der Waals surface area contributed by atoms with Crippen LogP contribution in [0.25, 0.3) is 0 Å². The molecule has 288 valence electrons. The smallest absolute Gasteiger partial charge is 0.408 e. The van der Waals surface area contributed by atoms with Gasteiger partial charge in [0.1, 0.15) is 25.2 Å². The number of esters is 2. The van der Waals surface area contributed by atoms with Gasteiger partial charge in [0.2, 0.25) is 11.8 Å². The zero-order valence-electron chi connectivity index (χ0n) is 31.3. The van der Waals surface area contributed by atoms with Gasteiger partial charge in [-0.15, -0.1) is 0 Å². The molecule has 0 bridgehead atoms. The molecule has 2 aliphatic rings. The maximum atomic E-state index is 14.4. The highest BCUT2D eigenvalue weighted by Crippen LogP contribution is 2.43. The summed E-state index contributed by atoms with van der Waals surface area (Å²) >= 11 is 0. The zero-order chi connectivity index (χ0) is 38.3. The largest absolute Gasteiger partial charge is 0.468 e. The van der Waals surface area contributed by atoms with E-state index in [0.717, 1.165) is 25.3 Å². The van der Waals surface area contributed by atoms with Crippen LogP contribution in [-0.2, 0) is 49.5 Å². The number of likely N-dealkylation sites (tertiary alicyclic amines) is 1. The monoisotopic (exact) mass is 728 g/mol. The summed E-state index contributed by atoms with van der Waals surface area (Å²) < 4.78 is 21.8. The first-order chi connectivity index (χ1) is 24.8. The third-order valence-corrected chi connectivity index (χ3v) is 9.24. The number of unbranched alkanes of at least 4 members (excludes halogenated alkanes) is 3. The van der Waals surface area contributed by atoms with Crippen LogP contribution in [0.4, 0.5) is 4.79 Å². The fraction of sp³-hybridized carbons (Fsp3) is 0.632. The molecule has 0 aliphatic carbocycles. The number of nitrogens with one attached hydrogen (secondary N) is 3. The van der Waals surface area contributed by atoms with Gasteiger partial charge >= 0.3 is 18.0 Å². The summed E-state index contributed by atoms with van der Waals surface area (Å²) in [5.41, 5.74) is 0.240. The molecule has 3 rings (SSSR count). The van der Waals surface area contributed by atoms with Gasteiger partial charge in [0.05, 0.1) is 24.9 Å². The summed E-state index contributed by atoms with van der Waals surface area (Å²) in [5, 5.41) is 8.10. The van der Waals surface area contributed by atoms with Gasteiger partial charge in [-0.05, 0) is 58.4 Å². The summed E-state index contributed by atoms with van der Waals surface area (Å²) in [7, 11) is 1.18. The van der Waals surface area contributed by atoms with E-state index in [0.29, 0.717) is 32.1 Å². The van der Waals surface area contributed by atoms with Gasteiger partial charge in [0.15, 0.2) is 6.10 Å². The van der Waals surface area contributed by atoms with Crippen LogP contribution in [0.3, 0.4) is 0 Å². The Kier molecular flexibility index (Phi) is 16.6. The lowest BCUT2D eigenvalue weighted by molar-refractivity contribution is -0.157. The molecule has 2 fully saturated rings. The Morgan fingerprint density at radius 2 is 1.77 bits per heavy atom. The van der Waals surface area contributed by atoms with Gasteiger partial charge in [-0.25, -0.2) is 4.79 Å². The quantitative estimate of drug-likeness (QED) is 0.0824. The molecule has 3 N–H and O–H groups in total. The van der Waals surface area contributed by atoms with Crippen molar-refractivity contribution in [2.24, 2.45) is 5.92 Å². The van der Waals surface area contributed by atoms with E-state index in [1.54, 1.807) is 0 Å². The van der Waals surface area contributed by atoms with Crippen molar-refractivity contribution in [3.05, 3.63) is 48.0 Å². The molecule has 2 heterocycles. The number of alkyl carbamates (subject to hydrolysis) is 1. The Hall–Kier alpha value is -4.46. The van der Waals surface area contributed by atoms with Crippen LogP contribution in [-0.4, -0.2) is 96.8 Å². The molecule has 0 aromatic heterocycles. The molecule has 52 heavy (non-hydrogen) atoms. The number of benzene rings is 1. The lowest BCUT2D eigenvalue weighted by atomic mass is 9.89. The minimum atomic E-state index is -1.46. The van der Waals surface area contributed by atoms with E-state index in [-0.39, 0.29) is 25.5 Å². The number of amides is 4. The van der Waals surface area contributed by atoms with Crippen LogP contribution in [0.15, 0.2) is 42.5 Å². The Labute approximate surface area is 306 Å². The predicted octanol–water partition coefficient (Wildman–Crippen LogP) is 3.71. The van der Waals surface area contributed by atoms with E-state index in [9.17, 15) is 28.8 Å². The van der Waals surface area contributed by atoms with Crippen molar-refractivity contribution in [1.82, 2.24) is 20.9 Å². The molecule has 1 aromatic rings. The number of nitrogens with zero attached hydrogens (tertiary/aromatic N) is 1. The van der Waals surface area contributed by atoms with E-state index in [1.807, 2.05) is 70.2 Å². The maximum Gasteiger partial charge on any atom is 0.408 e. The summed E-state index contributed by atoms with van der Waals surface area (Å²) in [6.07, 6.45) is 5.92. The summed E-state index contributed by atoms with van der Waals surface area (Å²) in [6.45, 7) is 8.56. The molecule has 4 amide bonds. The average Bonchev–Trinajstić information content (AvgIpc) is 3.61. The first-order valence-corrected chi connectivity index (χ1v) is 18.2. The van der Waals surface area contributed by atoms with E-state index in [1.165, 1.54) is 12.0 Å². The van der Waals surface area contributed by atoms with Crippen molar-refractivity contribution in [2.75, 3.05) is 20.2 Å². The highest BCUT2D eigenvalue weighted by atomic mass is 16.6. The first-order valence-electron chi connectivity index (χ1n) is 18.2. The molecule has 2 aliphatic heterocycles. The van der Waals surface area contributed by atoms with Crippen LogP contribution in [0.2, 0.25) is 0 Å². The molecule has 6 atom stereocenters. The Balaban J connectivity index is 1.89. The van der Waals surface area contributed by atoms with Gasteiger partial charge in [0, 0.05) is 19.4 Å². The predicted molar refractivity (Wildman–Crippen MR) is 191 cm³/mol. The standard InChI is InChI=1S/C38H56N4O10/c1-7-9-11-12-16-20-29(41-37(48)50-24-26-17-14-13-15-18-26)36(47)42-23-30-27(21-38(4,5)52-30)32(42)34(45)40-28(19-10-8-2)33(51-25(3)43)35(46)39-22-31(44)49-6/h7,9,13-15,17-18,27-30,32-33H,8,10-12,16,19-24H2,1-6H3,(H,39,46)(H,40,45)(H,41,48)/b9-7+/t27-,28-,29-,30-,32-,33?/m0/s1. The number of allylic oxidation sites excluding steroid dienone is 2. The van der Waals surface area contributed by atoms with Crippen LogP contribution >= 0.6 is 0 Å². The molecular formula is C38H56N4O10. The highest BCUT2D eigenvalue weighted by molar-refractivity contribution is 5.93. The van der Waals surface area contributed by atoms with Crippen LogP contribution < -0.4 is 16.0 Å². The molecule has 0 saturated carbocycles. The van der Waals surface area contributed by atoms with Crippen molar-refractivity contribution in [3.8, 4) is 0 Å². The normalized spacial score (nSPS) is 20.7. The van der Waals surface area contributed by atoms with Crippen LogP contribution in [0.1, 0.15) is 91.5 Å². The van der Waals surface area contributed by atoms with Gasteiger partial charge in [-0.2, -0.15) is 0 Å².